The number of benzene rings is 2. The highest BCUT2D eigenvalue weighted by molar-refractivity contribution is 5.68. The highest BCUT2D eigenvalue weighted by atomic mass is 16.5. The normalized spacial score (nSPS) is 10.3. The summed E-state index contributed by atoms with van der Waals surface area (Å²) >= 11 is 0. The Labute approximate surface area is 164 Å². The van der Waals surface area contributed by atoms with Crippen molar-refractivity contribution in [1.29, 1.82) is 0 Å². The second kappa shape index (κ2) is 8.94. The van der Waals surface area contributed by atoms with Crippen LogP contribution in [0, 0.1) is 6.92 Å². The molecule has 0 unspecified atom stereocenters. The van der Waals surface area contributed by atoms with E-state index >= 15 is 0 Å². The minimum atomic E-state index is 0.639. The van der Waals surface area contributed by atoms with Crippen LogP contribution in [0.3, 0.4) is 0 Å². The van der Waals surface area contributed by atoms with Gasteiger partial charge in [-0.1, -0.05) is 0 Å². The highest BCUT2D eigenvalue weighted by Gasteiger charge is 2.09. The number of hydrogen-bond acceptors (Lipinski definition) is 7. The van der Waals surface area contributed by atoms with E-state index in [0.717, 1.165) is 22.9 Å². The molecule has 0 radical (unpaired) electrons. The Balaban J connectivity index is 1.82. The van der Waals surface area contributed by atoms with Crippen LogP contribution in [0.2, 0.25) is 0 Å². The molecule has 0 amide bonds. The zero-order valence-corrected chi connectivity index (χ0v) is 16.4. The molecule has 0 saturated heterocycles. The molecule has 2 N–H and O–H groups in total. The van der Waals surface area contributed by atoms with Gasteiger partial charge in [0.15, 0.2) is 0 Å². The van der Waals surface area contributed by atoms with Crippen LogP contribution in [0.4, 0.5) is 23.0 Å². The van der Waals surface area contributed by atoms with Gasteiger partial charge in [-0.25, -0.2) is 9.97 Å². The number of nitrogens with zero attached hydrogens (tertiary/aromatic N) is 2. The van der Waals surface area contributed by atoms with Crippen molar-refractivity contribution in [2.75, 3.05) is 31.5 Å². The second-order valence-electron chi connectivity index (χ2n) is 5.96. The van der Waals surface area contributed by atoms with Crippen molar-refractivity contribution >= 4 is 23.0 Å². The van der Waals surface area contributed by atoms with Gasteiger partial charge in [-0.2, -0.15) is 0 Å². The van der Waals surface area contributed by atoms with Crippen molar-refractivity contribution in [2.45, 2.75) is 13.8 Å². The molecular formula is C21H24N4O3. The van der Waals surface area contributed by atoms with E-state index < -0.39 is 0 Å². The van der Waals surface area contributed by atoms with Gasteiger partial charge >= 0.3 is 0 Å². The average Bonchev–Trinajstić information content (AvgIpc) is 2.69. The first-order valence-electron chi connectivity index (χ1n) is 8.96. The third-order valence-corrected chi connectivity index (χ3v) is 3.95. The first kappa shape index (κ1) is 19.3. The second-order valence-corrected chi connectivity index (χ2v) is 5.96. The Morgan fingerprint density at radius 3 is 2.14 bits per heavy atom. The number of ether oxygens (including phenoxy) is 3. The van der Waals surface area contributed by atoms with Crippen LogP contribution in [0.5, 0.6) is 17.2 Å². The molecule has 0 aliphatic carbocycles. The molecule has 0 saturated carbocycles. The molecule has 0 atom stereocenters. The fourth-order valence-electron chi connectivity index (χ4n) is 2.69. The monoisotopic (exact) mass is 380 g/mol. The molecule has 7 nitrogen and oxygen atoms in total. The minimum absolute atomic E-state index is 0.639. The Bertz CT molecular complexity index is 929. The van der Waals surface area contributed by atoms with Crippen molar-refractivity contribution in [3.8, 4) is 17.2 Å². The maximum absolute atomic E-state index is 5.47. The van der Waals surface area contributed by atoms with Crippen LogP contribution >= 0.6 is 0 Å². The van der Waals surface area contributed by atoms with Gasteiger partial charge in [-0.3, -0.25) is 0 Å². The fourth-order valence-corrected chi connectivity index (χ4v) is 2.69. The third-order valence-electron chi connectivity index (χ3n) is 3.95. The minimum Gasteiger partial charge on any atom is -0.497 e. The molecule has 3 rings (SSSR count). The van der Waals surface area contributed by atoms with E-state index in [1.54, 1.807) is 14.2 Å². The van der Waals surface area contributed by atoms with E-state index in [1.807, 2.05) is 62.4 Å². The Morgan fingerprint density at radius 1 is 0.821 bits per heavy atom. The Kier molecular flexibility index (Phi) is 6.16. The molecule has 0 bridgehead atoms. The molecule has 0 spiro atoms. The highest BCUT2D eigenvalue weighted by Crippen LogP contribution is 2.31. The van der Waals surface area contributed by atoms with Crippen molar-refractivity contribution in [2.24, 2.45) is 0 Å². The number of aryl methyl sites for hydroxylation is 1. The third kappa shape index (κ3) is 4.82. The van der Waals surface area contributed by atoms with Crippen molar-refractivity contribution in [3.05, 3.63) is 54.4 Å². The lowest BCUT2D eigenvalue weighted by atomic mass is 10.2. The van der Waals surface area contributed by atoms with E-state index in [0.29, 0.717) is 29.8 Å². The lowest BCUT2D eigenvalue weighted by Gasteiger charge is -2.14. The summed E-state index contributed by atoms with van der Waals surface area (Å²) in [6.07, 6.45) is 0. The Morgan fingerprint density at radius 2 is 1.50 bits per heavy atom. The van der Waals surface area contributed by atoms with Crippen LogP contribution in [0.25, 0.3) is 0 Å². The number of hydrogen-bond donors (Lipinski definition) is 2. The van der Waals surface area contributed by atoms with Gasteiger partial charge in [-0.05, 0) is 50.2 Å². The summed E-state index contributed by atoms with van der Waals surface area (Å²) in [7, 11) is 3.25. The zero-order chi connectivity index (χ0) is 19.9. The summed E-state index contributed by atoms with van der Waals surface area (Å²) in [6, 6.07) is 15.1. The molecule has 146 valence electrons. The fraction of sp³-hybridized carbons (Fsp3) is 0.238. The van der Waals surface area contributed by atoms with Crippen LogP contribution in [0.1, 0.15) is 12.7 Å². The average molecular weight is 380 g/mol. The molecule has 0 aliphatic heterocycles. The van der Waals surface area contributed by atoms with Gasteiger partial charge in [0.05, 0.1) is 26.5 Å². The van der Waals surface area contributed by atoms with Gasteiger partial charge in [0, 0.05) is 17.8 Å². The van der Waals surface area contributed by atoms with Gasteiger partial charge in [0.25, 0.3) is 0 Å². The maximum Gasteiger partial charge on any atom is 0.142 e. The molecule has 3 aromatic rings. The van der Waals surface area contributed by atoms with Gasteiger partial charge in [-0.15, -0.1) is 0 Å². The first-order valence-corrected chi connectivity index (χ1v) is 8.96. The topological polar surface area (TPSA) is 77.5 Å². The molecule has 1 heterocycles. The molecular weight excluding hydrogens is 356 g/mol. The summed E-state index contributed by atoms with van der Waals surface area (Å²) in [6.45, 7) is 4.44. The molecule has 2 aromatic carbocycles. The SMILES string of the molecule is CCOc1ccc(Nc2cc(Nc3cc(OC)ccc3OC)nc(C)n2)cc1. The van der Waals surface area contributed by atoms with Crippen LogP contribution in [-0.4, -0.2) is 30.8 Å². The summed E-state index contributed by atoms with van der Waals surface area (Å²) < 4.78 is 16.2. The summed E-state index contributed by atoms with van der Waals surface area (Å²) in [4.78, 5) is 8.92. The number of rotatable bonds is 8. The number of nitrogens with one attached hydrogen (secondary N) is 2. The molecule has 28 heavy (non-hydrogen) atoms. The zero-order valence-electron chi connectivity index (χ0n) is 16.4. The maximum atomic E-state index is 5.47. The van der Waals surface area contributed by atoms with Crippen LogP contribution < -0.4 is 24.8 Å². The van der Waals surface area contributed by atoms with E-state index in [1.165, 1.54) is 0 Å². The summed E-state index contributed by atoms with van der Waals surface area (Å²) in [5.41, 5.74) is 1.67. The van der Waals surface area contributed by atoms with E-state index in [4.69, 9.17) is 14.2 Å². The van der Waals surface area contributed by atoms with Gasteiger partial charge < -0.3 is 24.8 Å². The molecule has 0 aliphatic rings. The smallest absolute Gasteiger partial charge is 0.142 e. The number of aromatic nitrogens is 2. The lowest BCUT2D eigenvalue weighted by Crippen LogP contribution is -2.02. The van der Waals surface area contributed by atoms with Gasteiger partial charge in [0.2, 0.25) is 0 Å². The summed E-state index contributed by atoms with van der Waals surface area (Å²) in [5.74, 6) is 4.22. The van der Waals surface area contributed by atoms with E-state index in [2.05, 4.69) is 20.6 Å². The van der Waals surface area contributed by atoms with Gasteiger partial charge in [0.1, 0.15) is 34.7 Å². The molecule has 7 heteroatoms. The number of anilines is 4. The number of methoxy groups -OCH3 is 2. The Hall–Kier alpha value is -3.48. The van der Waals surface area contributed by atoms with Crippen LogP contribution in [0.15, 0.2) is 48.5 Å². The largest absolute Gasteiger partial charge is 0.497 e. The van der Waals surface area contributed by atoms with Crippen molar-refractivity contribution < 1.29 is 14.2 Å². The van der Waals surface area contributed by atoms with Crippen molar-refractivity contribution in [1.82, 2.24) is 9.97 Å². The summed E-state index contributed by atoms with van der Waals surface area (Å²) in [5, 5.41) is 6.56. The predicted molar refractivity (Wildman–Crippen MR) is 110 cm³/mol. The molecule has 1 aromatic heterocycles. The molecule has 0 fully saturated rings. The standard InChI is InChI=1S/C21H24N4O3/c1-5-28-16-8-6-15(7-9-16)24-20-13-21(23-14(2)22-20)25-18-12-17(26-3)10-11-19(18)27-4/h6-13H,5H2,1-4H3,(H2,22,23,24,25). The predicted octanol–water partition coefficient (Wildman–Crippen LogP) is 4.69. The lowest BCUT2D eigenvalue weighted by molar-refractivity contribution is 0.340. The van der Waals surface area contributed by atoms with Crippen LogP contribution in [-0.2, 0) is 0 Å². The quantitative estimate of drug-likeness (QED) is 0.587. The van der Waals surface area contributed by atoms with E-state index in [9.17, 15) is 0 Å². The first-order chi connectivity index (χ1) is 13.6. The van der Waals surface area contributed by atoms with Crippen molar-refractivity contribution in [3.63, 3.8) is 0 Å². The van der Waals surface area contributed by atoms with E-state index in [-0.39, 0.29) is 0 Å².